The molecule has 1 aromatic rings. The van der Waals surface area contributed by atoms with Crippen molar-refractivity contribution in [3.8, 4) is 0 Å². The molecule has 0 aliphatic carbocycles. The molecule has 1 aliphatic rings. The standard InChI is InChI=1S/C17H29N3/c1-3-6-15-7-5-11-20(12-10-15)14-17-9-4-8-16(19-17)13-18-2/h4,8-9,15,18H,3,5-7,10-14H2,1-2H3. The molecule has 20 heavy (non-hydrogen) atoms. The van der Waals surface area contributed by atoms with Gasteiger partial charge in [-0.3, -0.25) is 9.88 Å². The van der Waals surface area contributed by atoms with E-state index < -0.39 is 0 Å². The summed E-state index contributed by atoms with van der Waals surface area (Å²) in [7, 11) is 1.97. The van der Waals surface area contributed by atoms with Gasteiger partial charge in [0.25, 0.3) is 0 Å². The van der Waals surface area contributed by atoms with E-state index in [4.69, 9.17) is 4.98 Å². The molecule has 1 saturated heterocycles. The number of rotatable bonds is 6. The number of hydrogen-bond acceptors (Lipinski definition) is 3. The second-order valence-corrected chi connectivity index (χ2v) is 6.01. The first-order valence-electron chi connectivity index (χ1n) is 8.13. The van der Waals surface area contributed by atoms with Gasteiger partial charge in [-0.05, 0) is 57.5 Å². The molecule has 0 bridgehead atoms. The zero-order valence-electron chi connectivity index (χ0n) is 13.1. The third kappa shape index (κ3) is 4.88. The van der Waals surface area contributed by atoms with Crippen LogP contribution in [0.1, 0.15) is 50.4 Å². The van der Waals surface area contributed by atoms with Crippen molar-refractivity contribution in [3.05, 3.63) is 29.6 Å². The zero-order valence-corrected chi connectivity index (χ0v) is 13.1. The largest absolute Gasteiger partial charge is 0.314 e. The van der Waals surface area contributed by atoms with Gasteiger partial charge < -0.3 is 5.32 Å². The van der Waals surface area contributed by atoms with Gasteiger partial charge in [-0.2, -0.15) is 0 Å². The van der Waals surface area contributed by atoms with Crippen LogP contribution in [0.4, 0.5) is 0 Å². The Kier molecular flexibility index (Phi) is 6.48. The Morgan fingerprint density at radius 2 is 2.10 bits per heavy atom. The maximum atomic E-state index is 4.74. The highest BCUT2D eigenvalue weighted by Crippen LogP contribution is 2.22. The summed E-state index contributed by atoms with van der Waals surface area (Å²) in [5, 5.41) is 3.17. The van der Waals surface area contributed by atoms with Gasteiger partial charge >= 0.3 is 0 Å². The van der Waals surface area contributed by atoms with Gasteiger partial charge in [-0.15, -0.1) is 0 Å². The molecule has 1 atom stereocenters. The highest BCUT2D eigenvalue weighted by molar-refractivity contribution is 5.11. The quantitative estimate of drug-likeness (QED) is 0.864. The summed E-state index contributed by atoms with van der Waals surface area (Å²) in [6.07, 6.45) is 6.87. The second kappa shape index (κ2) is 8.38. The molecule has 0 aromatic carbocycles. The molecule has 0 saturated carbocycles. The molecule has 0 radical (unpaired) electrons. The predicted molar refractivity (Wildman–Crippen MR) is 84.5 cm³/mol. The monoisotopic (exact) mass is 275 g/mol. The lowest BCUT2D eigenvalue weighted by atomic mass is 9.96. The van der Waals surface area contributed by atoms with Crippen molar-refractivity contribution in [3.63, 3.8) is 0 Å². The highest BCUT2D eigenvalue weighted by atomic mass is 15.1. The normalized spacial score (nSPS) is 20.8. The first kappa shape index (κ1) is 15.5. The Morgan fingerprint density at radius 1 is 1.25 bits per heavy atom. The summed E-state index contributed by atoms with van der Waals surface area (Å²) in [4.78, 5) is 7.32. The molecule has 1 fully saturated rings. The van der Waals surface area contributed by atoms with Crippen molar-refractivity contribution in [1.82, 2.24) is 15.2 Å². The zero-order chi connectivity index (χ0) is 14.2. The van der Waals surface area contributed by atoms with Crippen LogP contribution in [0.15, 0.2) is 18.2 Å². The molecule has 1 aromatic heterocycles. The van der Waals surface area contributed by atoms with E-state index in [0.29, 0.717) is 0 Å². The van der Waals surface area contributed by atoms with Crippen LogP contribution >= 0.6 is 0 Å². The van der Waals surface area contributed by atoms with Crippen molar-refractivity contribution >= 4 is 0 Å². The van der Waals surface area contributed by atoms with Gasteiger partial charge in [0.2, 0.25) is 0 Å². The summed E-state index contributed by atoms with van der Waals surface area (Å²) < 4.78 is 0. The molecule has 112 valence electrons. The lowest BCUT2D eigenvalue weighted by Gasteiger charge is -2.20. The summed E-state index contributed by atoms with van der Waals surface area (Å²) in [5.74, 6) is 0.952. The van der Waals surface area contributed by atoms with Crippen LogP contribution in [-0.2, 0) is 13.1 Å². The van der Waals surface area contributed by atoms with E-state index in [1.54, 1.807) is 0 Å². The predicted octanol–water partition coefficient (Wildman–Crippen LogP) is 3.20. The van der Waals surface area contributed by atoms with Gasteiger partial charge in [0.05, 0.1) is 11.4 Å². The summed E-state index contributed by atoms with van der Waals surface area (Å²) in [5.41, 5.74) is 2.36. The SMILES string of the molecule is CCCC1CCCN(Cc2cccc(CNC)n2)CC1. The molecular formula is C17H29N3. The summed E-state index contributed by atoms with van der Waals surface area (Å²) >= 11 is 0. The Bertz CT molecular complexity index is 392. The minimum Gasteiger partial charge on any atom is -0.314 e. The number of pyridine rings is 1. The molecule has 2 heterocycles. The van der Waals surface area contributed by atoms with Gasteiger partial charge in [0, 0.05) is 13.1 Å². The number of hydrogen-bond donors (Lipinski definition) is 1. The molecule has 2 rings (SSSR count). The Labute approximate surface area is 123 Å². The maximum absolute atomic E-state index is 4.74. The number of nitrogens with one attached hydrogen (secondary N) is 1. The lowest BCUT2D eigenvalue weighted by Crippen LogP contribution is -2.25. The minimum atomic E-state index is 0.854. The third-order valence-electron chi connectivity index (χ3n) is 4.25. The maximum Gasteiger partial charge on any atom is 0.0547 e. The van der Waals surface area contributed by atoms with E-state index in [2.05, 4.69) is 35.3 Å². The van der Waals surface area contributed by atoms with Crippen LogP contribution in [0.2, 0.25) is 0 Å². The van der Waals surface area contributed by atoms with Gasteiger partial charge in [0.1, 0.15) is 0 Å². The van der Waals surface area contributed by atoms with E-state index >= 15 is 0 Å². The average molecular weight is 275 g/mol. The van der Waals surface area contributed by atoms with Crippen molar-refractivity contribution in [2.75, 3.05) is 20.1 Å². The fraction of sp³-hybridized carbons (Fsp3) is 0.706. The fourth-order valence-corrected chi connectivity index (χ4v) is 3.21. The van der Waals surface area contributed by atoms with E-state index in [1.165, 1.54) is 50.9 Å². The average Bonchev–Trinajstić information content (AvgIpc) is 2.66. The van der Waals surface area contributed by atoms with E-state index in [1.807, 2.05) is 7.05 Å². The first-order valence-corrected chi connectivity index (χ1v) is 8.13. The van der Waals surface area contributed by atoms with Gasteiger partial charge in [0.15, 0.2) is 0 Å². The summed E-state index contributed by atoms with van der Waals surface area (Å²) in [6.45, 7) is 6.64. The third-order valence-corrected chi connectivity index (χ3v) is 4.25. The van der Waals surface area contributed by atoms with Gasteiger partial charge in [-0.1, -0.05) is 25.8 Å². The summed E-state index contributed by atoms with van der Waals surface area (Å²) in [6, 6.07) is 6.39. The van der Waals surface area contributed by atoms with E-state index in [9.17, 15) is 0 Å². The van der Waals surface area contributed by atoms with Crippen molar-refractivity contribution in [1.29, 1.82) is 0 Å². The van der Waals surface area contributed by atoms with Crippen LogP contribution in [0.5, 0.6) is 0 Å². The van der Waals surface area contributed by atoms with Crippen LogP contribution in [0, 0.1) is 5.92 Å². The van der Waals surface area contributed by atoms with Crippen molar-refractivity contribution in [2.45, 2.75) is 52.1 Å². The highest BCUT2D eigenvalue weighted by Gasteiger charge is 2.16. The van der Waals surface area contributed by atoms with Crippen molar-refractivity contribution < 1.29 is 0 Å². The Balaban J connectivity index is 1.88. The van der Waals surface area contributed by atoms with Gasteiger partial charge in [-0.25, -0.2) is 0 Å². The molecular weight excluding hydrogens is 246 g/mol. The molecule has 1 aliphatic heterocycles. The van der Waals surface area contributed by atoms with Crippen LogP contribution in [0.3, 0.4) is 0 Å². The van der Waals surface area contributed by atoms with Crippen LogP contribution in [0.25, 0.3) is 0 Å². The van der Waals surface area contributed by atoms with E-state index in [0.717, 1.165) is 24.7 Å². The molecule has 1 unspecified atom stereocenters. The fourth-order valence-electron chi connectivity index (χ4n) is 3.21. The topological polar surface area (TPSA) is 28.2 Å². The molecule has 0 amide bonds. The second-order valence-electron chi connectivity index (χ2n) is 6.01. The minimum absolute atomic E-state index is 0.854. The van der Waals surface area contributed by atoms with E-state index in [-0.39, 0.29) is 0 Å². The van der Waals surface area contributed by atoms with Crippen LogP contribution in [-0.4, -0.2) is 30.0 Å². The number of aromatic nitrogens is 1. The Morgan fingerprint density at radius 3 is 2.90 bits per heavy atom. The lowest BCUT2D eigenvalue weighted by molar-refractivity contribution is 0.268. The number of likely N-dealkylation sites (tertiary alicyclic amines) is 1. The number of nitrogens with zero attached hydrogens (tertiary/aromatic N) is 2. The van der Waals surface area contributed by atoms with Crippen LogP contribution < -0.4 is 5.32 Å². The molecule has 3 heteroatoms. The smallest absolute Gasteiger partial charge is 0.0547 e. The van der Waals surface area contributed by atoms with Crippen molar-refractivity contribution in [2.24, 2.45) is 5.92 Å². The molecule has 1 N–H and O–H groups in total. The Hall–Kier alpha value is -0.930. The molecule has 3 nitrogen and oxygen atoms in total. The molecule has 0 spiro atoms. The first-order chi connectivity index (χ1) is 9.81.